The highest BCUT2D eigenvalue weighted by molar-refractivity contribution is 14.2. The summed E-state index contributed by atoms with van der Waals surface area (Å²) in [7, 11) is 3.24. The highest BCUT2D eigenvalue weighted by Gasteiger charge is 2.36. The summed E-state index contributed by atoms with van der Waals surface area (Å²) in [5.41, 5.74) is 0.0361. The van der Waals surface area contributed by atoms with Crippen LogP contribution in [0.15, 0.2) is 30.3 Å². The summed E-state index contributed by atoms with van der Waals surface area (Å²) < 4.78 is 44.2. The summed E-state index contributed by atoms with van der Waals surface area (Å²) in [6.45, 7) is 0.426. The van der Waals surface area contributed by atoms with Gasteiger partial charge in [0.25, 0.3) is 11.8 Å². The van der Waals surface area contributed by atoms with Crippen molar-refractivity contribution in [2.75, 3.05) is 12.4 Å². The van der Waals surface area contributed by atoms with E-state index in [0.717, 1.165) is 43.4 Å². The second-order valence-electron chi connectivity index (χ2n) is 8.02. The number of rotatable bonds is 5. The number of nitrogens with one attached hydrogen (secondary N) is 1. The number of hydrogen-bond donors (Lipinski definition) is 1. The molecule has 2 aromatic rings. The van der Waals surface area contributed by atoms with Crippen molar-refractivity contribution in [3.63, 3.8) is 0 Å². The summed E-state index contributed by atoms with van der Waals surface area (Å²) in [6.07, 6.45) is -0.634. The molecule has 1 aliphatic carbocycles. The summed E-state index contributed by atoms with van der Waals surface area (Å²) in [4.78, 5) is 31.0. The van der Waals surface area contributed by atoms with Crippen LogP contribution in [0.1, 0.15) is 57.8 Å². The van der Waals surface area contributed by atoms with E-state index in [1.807, 2.05) is 13.8 Å². The van der Waals surface area contributed by atoms with Crippen molar-refractivity contribution in [3.05, 3.63) is 52.8 Å². The van der Waals surface area contributed by atoms with Crippen molar-refractivity contribution in [3.8, 4) is 5.75 Å². The van der Waals surface area contributed by atoms with Gasteiger partial charge in [-0.2, -0.15) is 13.2 Å². The van der Waals surface area contributed by atoms with E-state index >= 15 is 0 Å². The Bertz CT molecular complexity index is 1070. The number of aromatic nitrogens is 1. The van der Waals surface area contributed by atoms with E-state index in [0.29, 0.717) is 17.4 Å². The van der Waals surface area contributed by atoms with E-state index in [9.17, 15) is 22.8 Å². The number of amides is 2. The van der Waals surface area contributed by atoms with Gasteiger partial charge in [-0.1, -0.05) is 15.0 Å². The van der Waals surface area contributed by atoms with E-state index in [4.69, 9.17) is 4.74 Å². The molecule has 1 fully saturated rings. The summed E-state index contributed by atoms with van der Waals surface area (Å²) >= 11 is 2.32. The number of nitrogens with zero attached hydrogens (tertiary/aromatic N) is 2. The van der Waals surface area contributed by atoms with Crippen LogP contribution in [0.3, 0.4) is 0 Å². The van der Waals surface area contributed by atoms with Crippen LogP contribution in [0.25, 0.3) is 0 Å². The smallest absolute Gasteiger partial charge is 0.433 e. The van der Waals surface area contributed by atoms with E-state index in [1.165, 1.54) is 13.2 Å². The van der Waals surface area contributed by atoms with Crippen LogP contribution < -0.4 is 10.1 Å². The Morgan fingerprint density at radius 2 is 1.97 bits per heavy atom. The van der Waals surface area contributed by atoms with Gasteiger partial charge in [0, 0.05) is 23.4 Å². The second-order valence-corrected chi connectivity index (χ2v) is 10.4. The van der Waals surface area contributed by atoms with Crippen LogP contribution in [0.2, 0.25) is 0 Å². The number of pyridine rings is 1. The van der Waals surface area contributed by atoms with Gasteiger partial charge < -0.3 is 15.0 Å². The number of fused-ring (bicyclic) bond motifs is 1. The Balaban J connectivity index is 1.54. The quantitative estimate of drug-likeness (QED) is 0.452. The van der Waals surface area contributed by atoms with Crippen molar-refractivity contribution in [2.45, 2.75) is 49.7 Å². The number of ether oxygens (including phenoxy) is 1. The molecule has 0 radical (unpaired) electrons. The van der Waals surface area contributed by atoms with Crippen LogP contribution in [0.4, 0.5) is 18.9 Å². The minimum absolute atomic E-state index is 0.0636. The first-order valence-corrected chi connectivity index (χ1v) is 13.8. The fraction of sp³-hybridized carbons (Fsp3) is 0.409. The molecule has 4 rings (SSSR count). The molecule has 0 spiro atoms. The molecule has 0 atom stereocenters. The Morgan fingerprint density at radius 1 is 1.24 bits per heavy atom. The van der Waals surface area contributed by atoms with E-state index in [1.54, 1.807) is 12.1 Å². The van der Waals surface area contributed by atoms with Gasteiger partial charge in [-0.05, 0) is 76.7 Å². The van der Waals surface area contributed by atoms with Crippen molar-refractivity contribution in [1.29, 1.82) is 0 Å². The molecule has 11 heteroatoms. The van der Waals surface area contributed by atoms with E-state index in [-0.39, 0.29) is 29.1 Å². The van der Waals surface area contributed by atoms with E-state index < -0.39 is 17.8 Å². The van der Waals surface area contributed by atoms with E-state index in [2.05, 4.69) is 31.5 Å². The summed E-state index contributed by atoms with van der Waals surface area (Å²) in [5, 5.41) is 3.20. The molecule has 1 N–H and O–H groups in total. The lowest BCUT2D eigenvalue weighted by molar-refractivity contribution is -0.141. The van der Waals surface area contributed by atoms with Gasteiger partial charge in [-0.15, -0.1) is 0 Å². The summed E-state index contributed by atoms with van der Waals surface area (Å²) in [5.74, 6) is -0.601. The maximum atomic E-state index is 13.1. The minimum Gasteiger partial charge on any atom is -0.495 e. The highest BCUT2D eigenvalue weighted by atomic mass is 127. The highest BCUT2D eigenvalue weighted by Crippen LogP contribution is 2.39. The van der Waals surface area contributed by atoms with Crippen molar-refractivity contribution in [1.82, 2.24) is 9.88 Å². The summed E-state index contributed by atoms with van der Waals surface area (Å²) in [6, 6.07) is 6.55. The average Bonchev–Trinajstić information content (AvgIpc) is 3.13. The maximum absolute atomic E-state index is 13.1. The first-order chi connectivity index (χ1) is 15.7. The third-order valence-electron chi connectivity index (χ3n) is 5.99. The molecule has 0 unspecified atom stereocenters. The van der Waals surface area contributed by atoms with Gasteiger partial charge in [0.05, 0.1) is 12.8 Å². The predicted molar refractivity (Wildman–Crippen MR) is 128 cm³/mol. The number of halogens is 4. The number of benzene rings is 1. The normalized spacial score (nSPS) is 20.5. The SMILES string of the molecule is COc1cc2c(cc1NC(=O)c1cccc(C(F)(F)F)n1)CN(C1CCC(SI)CC1)C2=O. The zero-order chi connectivity index (χ0) is 23.8. The molecule has 1 aromatic carbocycles. The lowest BCUT2D eigenvalue weighted by Gasteiger charge is -2.33. The largest absolute Gasteiger partial charge is 0.495 e. The molecule has 33 heavy (non-hydrogen) atoms. The number of alkyl halides is 3. The molecular weight excluding hydrogens is 570 g/mol. The maximum Gasteiger partial charge on any atom is 0.433 e. The Labute approximate surface area is 205 Å². The van der Waals surface area contributed by atoms with Crippen LogP contribution in [0.5, 0.6) is 5.75 Å². The van der Waals surface area contributed by atoms with Gasteiger partial charge in [0.15, 0.2) is 0 Å². The number of methoxy groups -OCH3 is 1. The van der Waals surface area contributed by atoms with Gasteiger partial charge in [0.2, 0.25) is 0 Å². The molecule has 2 amide bonds. The van der Waals surface area contributed by atoms with Gasteiger partial charge in [0.1, 0.15) is 17.1 Å². The van der Waals surface area contributed by atoms with Crippen LogP contribution >= 0.6 is 30.1 Å². The fourth-order valence-corrected chi connectivity index (χ4v) is 6.25. The molecule has 176 valence electrons. The Hall–Kier alpha value is -2.02. The topological polar surface area (TPSA) is 71.5 Å². The molecule has 2 heterocycles. The molecule has 1 aliphatic heterocycles. The Morgan fingerprint density at radius 3 is 2.61 bits per heavy atom. The monoisotopic (exact) mass is 591 g/mol. The van der Waals surface area contributed by atoms with Crippen molar-refractivity contribution < 1.29 is 27.5 Å². The molecule has 1 saturated carbocycles. The van der Waals surface area contributed by atoms with Crippen molar-refractivity contribution in [2.24, 2.45) is 0 Å². The van der Waals surface area contributed by atoms with Crippen LogP contribution in [0, 0.1) is 0 Å². The average molecular weight is 591 g/mol. The molecule has 2 aliphatic rings. The first kappa shape index (κ1) is 24.1. The van der Waals surface area contributed by atoms with Crippen LogP contribution in [-0.4, -0.2) is 40.1 Å². The molecular formula is C22H21F3IN3O3S. The lowest BCUT2D eigenvalue weighted by Crippen LogP contribution is -2.38. The van der Waals surface area contributed by atoms with Crippen molar-refractivity contribution >= 4 is 47.6 Å². The second kappa shape index (κ2) is 9.69. The molecule has 6 nitrogen and oxygen atoms in total. The molecule has 0 bridgehead atoms. The lowest BCUT2D eigenvalue weighted by atomic mass is 9.94. The van der Waals surface area contributed by atoms with Crippen LogP contribution in [-0.2, 0) is 12.7 Å². The number of carbonyl (C=O) groups is 2. The molecule has 0 saturated heterocycles. The third-order valence-corrected chi connectivity index (χ3v) is 8.87. The van der Waals surface area contributed by atoms with Gasteiger partial charge >= 0.3 is 6.18 Å². The minimum atomic E-state index is -4.65. The van der Waals surface area contributed by atoms with Gasteiger partial charge in [-0.3, -0.25) is 9.59 Å². The number of carbonyl (C=O) groups excluding carboxylic acids is 2. The first-order valence-electron chi connectivity index (χ1n) is 10.4. The number of anilines is 1. The zero-order valence-electron chi connectivity index (χ0n) is 17.6. The molecule has 1 aromatic heterocycles. The standard InChI is InChI=1S/C22H21F3IN3O3S/c1-32-18-10-15-12(11-29(21(15)31)13-5-7-14(33-26)8-6-13)9-17(18)28-20(30)16-3-2-4-19(27-16)22(23,24)25/h2-4,9-10,13-14H,5-8,11H2,1H3,(H,28,30). The third kappa shape index (κ3) is 5.08. The zero-order valence-corrected chi connectivity index (χ0v) is 20.6. The fourth-order valence-electron chi connectivity index (χ4n) is 4.28. The predicted octanol–water partition coefficient (Wildman–Crippen LogP) is 5.71. The Kier molecular flexibility index (Phi) is 7.08. The van der Waals surface area contributed by atoms with Gasteiger partial charge in [-0.25, -0.2) is 4.98 Å². The number of hydrogen-bond acceptors (Lipinski definition) is 5.